The van der Waals surface area contributed by atoms with E-state index in [4.69, 9.17) is 4.98 Å². The summed E-state index contributed by atoms with van der Waals surface area (Å²) in [5, 5.41) is 3.91. The Labute approximate surface area is 213 Å². The molecule has 5 rings (SSSR count). The molecule has 0 saturated carbocycles. The van der Waals surface area contributed by atoms with Gasteiger partial charge in [-0.05, 0) is 80.8 Å². The van der Waals surface area contributed by atoms with Gasteiger partial charge in [0, 0.05) is 16.6 Å². The molecule has 0 spiro atoms. The van der Waals surface area contributed by atoms with E-state index in [0.717, 1.165) is 12.1 Å². The van der Waals surface area contributed by atoms with E-state index < -0.39 is 0 Å². The van der Waals surface area contributed by atoms with Crippen LogP contribution in [0, 0.1) is 12.3 Å². The van der Waals surface area contributed by atoms with Gasteiger partial charge < -0.3 is 0 Å². The van der Waals surface area contributed by atoms with Crippen LogP contribution in [0.1, 0.15) is 58.2 Å². The normalized spacial score (nSPS) is 12.5. The minimum atomic E-state index is 0.0504. The Morgan fingerprint density at radius 3 is 2.17 bits per heavy atom. The Morgan fingerprint density at radius 1 is 0.771 bits per heavy atom. The largest absolute Gasteiger partial charge is 0.255 e. The molecule has 5 aromatic rings. The first-order valence-electron chi connectivity index (χ1n) is 12.5. The predicted molar refractivity (Wildman–Crippen MR) is 155 cm³/mol. The van der Waals surface area contributed by atoms with Gasteiger partial charge in [0.05, 0.1) is 10.4 Å². The lowest BCUT2D eigenvalue weighted by atomic mass is 9.82. The van der Waals surface area contributed by atoms with Crippen molar-refractivity contribution in [2.45, 2.75) is 60.3 Å². The minimum absolute atomic E-state index is 0.0504. The summed E-state index contributed by atoms with van der Waals surface area (Å²) in [6.45, 7) is 16.0. The highest BCUT2D eigenvalue weighted by Gasteiger charge is 2.21. The fourth-order valence-corrected chi connectivity index (χ4v) is 6.40. The molecule has 0 aliphatic rings. The molecule has 0 bridgehead atoms. The van der Waals surface area contributed by atoms with Crippen LogP contribution in [0.15, 0.2) is 72.9 Å². The number of aromatic nitrogens is 1. The molecule has 0 unspecified atom stereocenters. The van der Waals surface area contributed by atoms with Gasteiger partial charge in [0.15, 0.2) is 0 Å². The number of benzene rings is 3. The van der Waals surface area contributed by atoms with Gasteiger partial charge in [-0.2, -0.15) is 0 Å². The summed E-state index contributed by atoms with van der Waals surface area (Å²) in [7, 11) is 0. The van der Waals surface area contributed by atoms with Gasteiger partial charge >= 0.3 is 0 Å². The smallest absolute Gasteiger partial charge is 0.0880 e. The zero-order valence-corrected chi connectivity index (χ0v) is 22.8. The second-order valence-electron chi connectivity index (χ2n) is 12.0. The summed E-state index contributed by atoms with van der Waals surface area (Å²) in [6, 6.07) is 24.7. The van der Waals surface area contributed by atoms with Crippen molar-refractivity contribution in [3.05, 3.63) is 89.6 Å². The Kier molecular flexibility index (Phi) is 5.84. The number of aryl methyl sites for hydroxylation is 1. The van der Waals surface area contributed by atoms with Crippen LogP contribution in [0.4, 0.5) is 0 Å². The van der Waals surface area contributed by atoms with Crippen molar-refractivity contribution in [3.63, 3.8) is 0 Å². The highest BCUT2D eigenvalue weighted by atomic mass is 32.1. The second-order valence-corrected chi connectivity index (χ2v) is 13.0. The highest BCUT2D eigenvalue weighted by Crippen LogP contribution is 2.43. The van der Waals surface area contributed by atoms with E-state index in [1.165, 1.54) is 53.6 Å². The van der Waals surface area contributed by atoms with Gasteiger partial charge in [-0.25, -0.2) is 0 Å². The maximum absolute atomic E-state index is 4.92. The molecule has 0 amide bonds. The molecular weight excluding hydrogens is 442 g/mol. The molecule has 2 heterocycles. The predicted octanol–water partition coefficient (Wildman–Crippen LogP) is 9.98. The van der Waals surface area contributed by atoms with E-state index in [1.54, 1.807) is 0 Å². The molecule has 178 valence electrons. The summed E-state index contributed by atoms with van der Waals surface area (Å²) >= 11 is 1.87. The lowest BCUT2D eigenvalue weighted by molar-refractivity contribution is 0.411. The molecule has 1 nitrogen and oxygen atoms in total. The Hall–Kier alpha value is -2.97. The lowest BCUT2D eigenvalue weighted by Crippen LogP contribution is -2.12. The van der Waals surface area contributed by atoms with E-state index >= 15 is 0 Å². The van der Waals surface area contributed by atoms with Crippen LogP contribution in [0.2, 0.25) is 0 Å². The molecule has 2 heteroatoms. The zero-order valence-electron chi connectivity index (χ0n) is 22.0. The molecule has 2 aromatic heterocycles. The van der Waals surface area contributed by atoms with Crippen molar-refractivity contribution >= 4 is 32.2 Å². The summed E-state index contributed by atoms with van der Waals surface area (Å²) < 4.78 is 1.27. The van der Waals surface area contributed by atoms with Gasteiger partial charge in [-0.1, -0.05) is 90.1 Å². The average molecular weight is 478 g/mol. The zero-order chi connectivity index (χ0) is 25.0. The highest BCUT2D eigenvalue weighted by molar-refractivity contribution is 7.23. The first-order chi connectivity index (χ1) is 16.5. The maximum Gasteiger partial charge on any atom is 0.0880 e. The van der Waals surface area contributed by atoms with Crippen LogP contribution < -0.4 is 0 Å². The van der Waals surface area contributed by atoms with Gasteiger partial charge in [-0.3, -0.25) is 4.98 Å². The van der Waals surface area contributed by atoms with Gasteiger partial charge in [0.25, 0.3) is 0 Å². The molecular formula is C33H35NS. The third-order valence-electron chi connectivity index (χ3n) is 6.75. The third kappa shape index (κ3) is 4.65. The quantitative estimate of drug-likeness (QED) is 0.252. The van der Waals surface area contributed by atoms with E-state index in [9.17, 15) is 0 Å². The Bertz CT molecular complexity index is 1520. The van der Waals surface area contributed by atoms with Crippen LogP contribution in [0.5, 0.6) is 0 Å². The van der Waals surface area contributed by atoms with Crippen molar-refractivity contribution in [1.82, 2.24) is 4.98 Å². The molecule has 0 N–H and O–H groups in total. The van der Waals surface area contributed by atoms with E-state index in [0.29, 0.717) is 5.41 Å². The average Bonchev–Trinajstić information content (AvgIpc) is 3.14. The maximum atomic E-state index is 4.92. The van der Waals surface area contributed by atoms with E-state index in [1.807, 2.05) is 17.5 Å². The van der Waals surface area contributed by atoms with E-state index in [-0.39, 0.29) is 5.41 Å². The number of thiophene rings is 1. The first-order valence-corrected chi connectivity index (χ1v) is 13.3. The van der Waals surface area contributed by atoms with Gasteiger partial charge in [0.1, 0.15) is 0 Å². The van der Waals surface area contributed by atoms with Crippen LogP contribution in [-0.2, 0) is 11.8 Å². The molecule has 0 fully saturated rings. The van der Waals surface area contributed by atoms with Crippen molar-refractivity contribution in [2.24, 2.45) is 5.41 Å². The summed E-state index contributed by atoms with van der Waals surface area (Å²) in [4.78, 5) is 6.26. The topological polar surface area (TPSA) is 12.9 Å². The van der Waals surface area contributed by atoms with Crippen LogP contribution in [-0.4, -0.2) is 4.98 Å². The number of fused-ring (bicyclic) bond motifs is 2. The fourth-order valence-electron chi connectivity index (χ4n) is 5.08. The van der Waals surface area contributed by atoms with Gasteiger partial charge in [0.2, 0.25) is 0 Å². The summed E-state index contributed by atoms with van der Waals surface area (Å²) in [6.07, 6.45) is 3.06. The van der Waals surface area contributed by atoms with Crippen molar-refractivity contribution in [1.29, 1.82) is 0 Å². The molecule has 0 saturated heterocycles. The van der Waals surface area contributed by atoms with Crippen molar-refractivity contribution < 1.29 is 0 Å². The summed E-state index contributed by atoms with van der Waals surface area (Å²) in [5.41, 5.74) is 8.03. The molecule has 0 aliphatic heterocycles. The number of pyridine rings is 1. The first kappa shape index (κ1) is 23.8. The van der Waals surface area contributed by atoms with Crippen LogP contribution in [0.3, 0.4) is 0 Å². The van der Waals surface area contributed by atoms with Crippen molar-refractivity contribution in [2.75, 3.05) is 0 Å². The molecule has 35 heavy (non-hydrogen) atoms. The standard InChI is InChI=1S/C33H35NS/c1-21-26-16-17-34-29(25-18-24-10-8-9-11-27(24)28(19-25)33(5,6)7)31(26)35-30(21)23-14-12-22(13-15-23)20-32(2,3)4/h8-19H,20H2,1-7H3. The molecule has 0 radical (unpaired) electrons. The number of hydrogen-bond acceptors (Lipinski definition) is 2. The minimum Gasteiger partial charge on any atom is -0.255 e. The monoisotopic (exact) mass is 477 g/mol. The fraction of sp³-hybridized carbons (Fsp3) is 0.303. The van der Waals surface area contributed by atoms with Gasteiger partial charge in [-0.15, -0.1) is 11.3 Å². The number of hydrogen-bond donors (Lipinski definition) is 0. The SMILES string of the molecule is Cc1c(-c2ccc(CC(C)(C)C)cc2)sc2c(-c3cc(C(C)(C)C)c4ccccc4c3)nccc12. The van der Waals surface area contributed by atoms with E-state index in [2.05, 4.69) is 115 Å². The lowest BCUT2D eigenvalue weighted by Gasteiger charge is -2.22. The van der Waals surface area contributed by atoms with Crippen LogP contribution >= 0.6 is 11.3 Å². The second kappa shape index (κ2) is 8.60. The summed E-state index contributed by atoms with van der Waals surface area (Å²) in [5.74, 6) is 0. The number of rotatable bonds is 3. The third-order valence-corrected chi connectivity index (χ3v) is 8.11. The number of nitrogens with zero attached hydrogens (tertiary/aromatic N) is 1. The van der Waals surface area contributed by atoms with Crippen LogP contribution in [0.25, 0.3) is 42.6 Å². The molecule has 0 atom stereocenters. The Morgan fingerprint density at radius 2 is 1.49 bits per heavy atom. The molecule has 0 aliphatic carbocycles. The van der Waals surface area contributed by atoms with Crippen molar-refractivity contribution in [3.8, 4) is 21.7 Å². The molecule has 3 aromatic carbocycles. The Balaban J connectivity index is 1.65.